The molecule has 0 heterocycles. The Hall–Kier alpha value is -5.75. The van der Waals surface area contributed by atoms with Crippen molar-refractivity contribution in [1.82, 2.24) is 0 Å². The highest BCUT2D eigenvalue weighted by atomic mass is 16.6. The van der Waals surface area contributed by atoms with Gasteiger partial charge in [-0.25, -0.2) is 14.4 Å². The van der Waals surface area contributed by atoms with E-state index < -0.39 is 17.9 Å². The maximum atomic E-state index is 13.6. The predicted molar refractivity (Wildman–Crippen MR) is 170 cm³/mol. The predicted octanol–water partition coefficient (Wildman–Crippen LogP) is 8.58. The molecule has 0 aliphatic rings. The van der Waals surface area contributed by atoms with E-state index in [0.717, 1.165) is 16.7 Å². The first-order valence-electron chi connectivity index (χ1n) is 14.1. The van der Waals surface area contributed by atoms with Crippen molar-refractivity contribution >= 4 is 39.5 Å². The summed E-state index contributed by atoms with van der Waals surface area (Å²) in [5.41, 5.74) is 3.83. The summed E-state index contributed by atoms with van der Waals surface area (Å²) < 4.78 is 18.0. The number of carbonyl (C=O) groups is 3. The monoisotopic (exact) mass is 580 g/mol. The molecular formula is C38H28O6. The molecule has 44 heavy (non-hydrogen) atoms. The fourth-order valence-corrected chi connectivity index (χ4v) is 5.17. The fourth-order valence-electron chi connectivity index (χ4n) is 5.17. The molecule has 0 aromatic heterocycles. The molecule has 0 aliphatic heterocycles. The SMILES string of the molecule is Cc1cccc(C(=O)Oc2cccc3cc4cccc(OC(=O)c5cccc(C)c5)c4c(OC(=O)c4cccc(C)c4)c23)c1. The van der Waals surface area contributed by atoms with Gasteiger partial charge >= 0.3 is 17.9 Å². The lowest BCUT2D eigenvalue weighted by atomic mass is 10.00. The largest absolute Gasteiger partial charge is 0.422 e. The molecule has 0 aliphatic carbocycles. The highest BCUT2D eigenvalue weighted by molar-refractivity contribution is 6.13. The molecule has 216 valence electrons. The molecule has 0 amide bonds. The number of carbonyl (C=O) groups excluding carboxylic acids is 3. The van der Waals surface area contributed by atoms with Crippen LogP contribution in [0.2, 0.25) is 0 Å². The first kappa shape index (κ1) is 28.4. The van der Waals surface area contributed by atoms with Crippen LogP contribution < -0.4 is 14.2 Å². The minimum Gasteiger partial charge on any atom is -0.422 e. The molecular weight excluding hydrogens is 552 g/mol. The van der Waals surface area contributed by atoms with Crippen molar-refractivity contribution in [2.24, 2.45) is 0 Å². The number of rotatable bonds is 6. The molecule has 6 nitrogen and oxygen atoms in total. The first-order chi connectivity index (χ1) is 21.3. The number of ether oxygens (including phenoxy) is 3. The van der Waals surface area contributed by atoms with Gasteiger partial charge < -0.3 is 14.2 Å². The highest BCUT2D eigenvalue weighted by Gasteiger charge is 2.23. The molecule has 0 saturated heterocycles. The van der Waals surface area contributed by atoms with Crippen LogP contribution in [-0.2, 0) is 0 Å². The van der Waals surface area contributed by atoms with Crippen molar-refractivity contribution in [3.8, 4) is 17.2 Å². The lowest BCUT2D eigenvalue weighted by Gasteiger charge is -2.17. The third kappa shape index (κ3) is 5.78. The van der Waals surface area contributed by atoms with Crippen molar-refractivity contribution < 1.29 is 28.6 Å². The van der Waals surface area contributed by atoms with Crippen molar-refractivity contribution in [2.45, 2.75) is 20.8 Å². The molecule has 0 unspecified atom stereocenters. The number of esters is 3. The van der Waals surface area contributed by atoms with Crippen LogP contribution in [0.25, 0.3) is 21.5 Å². The Kier molecular flexibility index (Phi) is 7.65. The van der Waals surface area contributed by atoms with Crippen LogP contribution in [0.5, 0.6) is 17.2 Å². The van der Waals surface area contributed by atoms with E-state index in [1.165, 1.54) is 0 Å². The molecule has 0 radical (unpaired) electrons. The summed E-state index contributed by atoms with van der Waals surface area (Å²) in [6.07, 6.45) is 0. The smallest absolute Gasteiger partial charge is 0.343 e. The summed E-state index contributed by atoms with van der Waals surface area (Å²) in [4.78, 5) is 40.1. The van der Waals surface area contributed by atoms with E-state index in [0.29, 0.717) is 38.2 Å². The average Bonchev–Trinajstić information content (AvgIpc) is 3.01. The topological polar surface area (TPSA) is 78.9 Å². The lowest BCUT2D eigenvalue weighted by molar-refractivity contribution is 0.0728. The highest BCUT2D eigenvalue weighted by Crippen LogP contribution is 2.44. The Morgan fingerprint density at radius 1 is 0.432 bits per heavy atom. The Morgan fingerprint density at radius 3 is 1.18 bits per heavy atom. The van der Waals surface area contributed by atoms with Gasteiger partial charge in [-0.05, 0) is 86.1 Å². The summed E-state index contributed by atoms with van der Waals surface area (Å²) in [6, 6.07) is 33.6. The molecule has 0 spiro atoms. The summed E-state index contributed by atoms with van der Waals surface area (Å²) in [6.45, 7) is 5.67. The van der Waals surface area contributed by atoms with E-state index in [1.807, 2.05) is 57.2 Å². The van der Waals surface area contributed by atoms with Gasteiger partial charge in [0, 0.05) is 0 Å². The van der Waals surface area contributed by atoms with E-state index >= 15 is 0 Å². The normalized spacial score (nSPS) is 10.9. The molecule has 0 fully saturated rings. The van der Waals surface area contributed by atoms with Crippen molar-refractivity contribution in [3.63, 3.8) is 0 Å². The summed E-state index contributed by atoms with van der Waals surface area (Å²) in [5, 5.41) is 2.12. The zero-order valence-corrected chi connectivity index (χ0v) is 24.4. The van der Waals surface area contributed by atoms with Gasteiger partial charge in [-0.15, -0.1) is 0 Å². The van der Waals surface area contributed by atoms with Crippen LogP contribution in [0.15, 0.2) is 115 Å². The van der Waals surface area contributed by atoms with E-state index in [1.54, 1.807) is 78.9 Å². The summed E-state index contributed by atoms with van der Waals surface area (Å²) in [5.74, 6) is -1.22. The molecule has 0 saturated carbocycles. The first-order valence-corrected chi connectivity index (χ1v) is 14.1. The molecule has 6 aromatic rings. The molecule has 6 heteroatoms. The molecule has 0 N–H and O–H groups in total. The minimum atomic E-state index is -0.609. The van der Waals surface area contributed by atoms with Crippen LogP contribution in [-0.4, -0.2) is 17.9 Å². The van der Waals surface area contributed by atoms with Crippen LogP contribution >= 0.6 is 0 Å². The van der Waals surface area contributed by atoms with Gasteiger partial charge in [-0.1, -0.05) is 77.4 Å². The zero-order chi connectivity index (χ0) is 30.8. The quantitative estimate of drug-likeness (QED) is 0.112. The van der Waals surface area contributed by atoms with Gasteiger partial charge in [0.15, 0.2) is 5.75 Å². The molecule has 6 aromatic carbocycles. The number of hydrogen-bond acceptors (Lipinski definition) is 6. The standard InChI is InChI=1S/C38H28O6/c1-23-9-4-14-28(19-23)36(39)42-31-17-7-12-26-22-27-13-8-18-32(43-37(40)29-15-5-10-24(2)20-29)34(27)35(33(26)31)44-38(41)30-16-6-11-25(3)21-30/h4-22H,1-3H3. The molecule has 0 atom stereocenters. The van der Waals surface area contributed by atoms with Crippen LogP contribution in [0.4, 0.5) is 0 Å². The Labute approximate surface area is 254 Å². The lowest BCUT2D eigenvalue weighted by Crippen LogP contribution is -2.12. The number of aryl methyl sites for hydroxylation is 3. The number of hydrogen-bond donors (Lipinski definition) is 0. The zero-order valence-electron chi connectivity index (χ0n) is 24.4. The number of benzene rings is 6. The van der Waals surface area contributed by atoms with Crippen LogP contribution in [0, 0.1) is 20.8 Å². The van der Waals surface area contributed by atoms with E-state index in [2.05, 4.69) is 0 Å². The van der Waals surface area contributed by atoms with E-state index in [4.69, 9.17) is 14.2 Å². The minimum absolute atomic E-state index is 0.115. The third-order valence-corrected chi connectivity index (χ3v) is 7.24. The maximum absolute atomic E-state index is 13.6. The number of fused-ring (bicyclic) bond motifs is 2. The second kappa shape index (κ2) is 11.9. The Morgan fingerprint density at radius 2 is 0.795 bits per heavy atom. The van der Waals surface area contributed by atoms with Gasteiger partial charge in [0.2, 0.25) is 0 Å². The van der Waals surface area contributed by atoms with E-state index in [9.17, 15) is 14.4 Å². The van der Waals surface area contributed by atoms with Gasteiger partial charge in [0.25, 0.3) is 0 Å². The Balaban J connectivity index is 1.54. The van der Waals surface area contributed by atoms with E-state index in [-0.39, 0.29) is 17.2 Å². The van der Waals surface area contributed by atoms with Crippen molar-refractivity contribution in [2.75, 3.05) is 0 Å². The van der Waals surface area contributed by atoms with Crippen LogP contribution in [0.3, 0.4) is 0 Å². The van der Waals surface area contributed by atoms with Gasteiger partial charge in [0.1, 0.15) is 11.5 Å². The van der Waals surface area contributed by atoms with Gasteiger partial charge in [-0.3, -0.25) is 0 Å². The fraction of sp³-hybridized carbons (Fsp3) is 0.0789. The van der Waals surface area contributed by atoms with Gasteiger partial charge in [0.05, 0.1) is 27.5 Å². The van der Waals surface area contributed by atoms with Crippen molar-refractivity contribution in [3.05, 3.63) is 149 Å². The summed E-state index contributed by atoms with van der Waals surface area (Å²) in [7, 11) is 0. The molecule has 6 rings (SSSR count). The molecule has 0 bridgehead atoms. The second-order valence-corrected chi connectivity index (χ2v) is 10.7. The van der Waals surface area contributed by atoms with Gasteiger partial charge in [-0.2, -0.15) is 0 Å². The Bertz CT molecular complexity index is 1970. The second-order valence-electron chi connectivity index (χ2n) is 10.7. The van der Waals surface area contributed by atoms with Crippen molar-refractivity contribution in [1.29, 1.82) is 0 Å². The summed E-state index contributed by atoms with van der Waals surface area (Å²) >= 11 is 0. The maximum Gasteiger partial charge on any atom is 0.343 e. The van der Waals surface area contributed by atoms with Crippen LogP contribution in [0.1, 0.15) is 47.8 Å². The third-order valence-electron chi connectivity index (χ3n) is 7.24. The average molecular weight is 581 g/mol.